The van der Waals surface area contributed by atoms with Crippen LogP contribution < -0.4 is 0 Å². The number of rotatable bonds is 29. The summed E-state index contributed by atoms with van der Waals surface area (Å²) in [4.78, 5) is 64.8. The number of ketones is 2. The van der Waals surface area contributed by atoms with Crippen LogP contribution in [0.4, 0.5) is 0 Å². The smallest absolute Gasteiger partial charge is 0.333 e. The molecule has 55 heavy (non-hydrogen) atoms. The van der Waals surface area contributed by atoms with Crippen molar-refractivity contribution in [2.24, 2.45) is 0 Å². The van der Waals surface area contributed by atoms with Gasteiger partial charge in [0.25, 0.3) is 0 Å². The van der Waals surface area contributed by atoms with Crippen LogP contribution in [-0.4, -0.2) is 156 Å². The van der Waals surface area contributed by atoms with E-state index in [0.717, 1.165) is 0 Å². The number of ether oxygens (including phenoxy) is 11. The first-order chi connectivity index (χ1) is 26.0. The Labute approximate surface area is 326 Å². The van der Waals surface area contributed by atoms with Crippen molar-refractivity contribution in [1.29, 1.82) is 0 Å². The summed E-state index contributed by atoms with van der Waals surface area (Å²) < 4.78 is 53.6. The molecular formula is C38H64O17. The van der Waals surface area contributed by atoms with Gasteiger partial charge in [0, 0.05) is 43.6 Å². The second kappa shape index (κ2) is 42.6. The lowest BCUT2D eigenvalue weighted by Crippen LogP contribution is -2.16. The lowest BCUT2D eigenvalue weighted by Gasteiger charge is -2.06. The largest absolute Gasteiger partial charge is 0.460 e. The molecule has 0 aliphatic carbocycles. The van der Waals surface area contributed by atoms with Gasteiger partial charge in [0.2, 0.25) is 0 Å². The average Bonchev–Trinajstić information content (AvgIpc) is 3.12. The monoisotopic (exact) mass is 792 g/mol. The molecule has 0 aliphatic heterocycles. The molecule has 0 spiro atoms. The first kappa shape index (κ1) is 57.6. The zero-order valence-corrected chi connectivity index (χ0v) is 34.1. The Hall–Kier alpha value is -4.10. The zero-order valence-electron chi connectivity index (χ0n) is 34.1. The normalized spacial score (nSPS) is 9.67. The van der Waals surface area contributed by atoms with Crippen LogP contribution in [-0.2, 0) is 80.9 Å². The summed E-state index contributed by atoms with van der Waals surface area (Å²) in [6.45, 7) is 26.7. The van der Waals surface area contributed by atoms with Crippen LogP contribution in [0.1, 0.15) is 41.0 Å². The van der Waals surface area contributed by atoms with E-state index in [0.29, 0.717) is 88.4 Å². The predicted molar refractivity (Wildman–Crippen MR) is 202 cm³/mol. The van der Waals surface area contributed by atoms with Crippen molar-refractivity contribution in [3.05, 3.63) is 48.6 Å². The van der Waals surface area contributed by atoms with Gasteiger partial charge in [0.1, 0.15) is 38.8 Å². The van der Waals surface area contributed by atoms with E-state index in [4.69, 9.17) is 42.6 Å². The molecule has 17 nitrogen and oxygen atoms in total. The van der Waals surface area contributed by atoms with Crippen LogP contribution in [0.15, 0.2) is 48.6 Å². The fourth-order valence-corrected chi connectivity index (χ4v) is 2.51. The number of methoxy groups -OCH3 is 3. The van der Waals surface area contributed by atoms with Gasteiger partial charge in [-0.25, -0.2) is 19.2 Å². The molecule has 0 aromatic carbocycles. The average molecular weight is 793 g/mol. The Morgan fingerprint density at radius 1 is 0.364 bits per heavy atom. The molecule has 0 aromatic heterocycles. The van der Waals surface area contributed by atoms with E-state index >= 15 is 0 Å². The first-order valence-electron chi connectivity index (χ1n) is 17.1. The Bertz CT molecular complexity index is 1130. The van der Waals surface area contributed by atoms with Crippen LogP contribution in [0.5, 0.6) is 0 Å². The van der Waals surface area contributed by atoms with Crippen molar-refractivity contribution >= 4 is 35.4 Å². The zero-order chi connectivity index (χ0) is 42.9. The Balaban J connectivity index is -0.000000320. The van der Waals surface area contributed by atoms with Crippen LogP contribution in [0, 0.1) is 0 Å². The fraction of sp³-hybridized carbons (Fsp3) is 0.632. The molecule has 0 saturated heterocycles. The minimum atomic E-state index is -0.487. The van der Waals surface area contributed by atoms with Crippen molar-refractivity contribution in [1.82, 2.24) is 0 Å². The molecule has 0 atom stereocenters. The highest BCUT2D eigenvalue weighted by atomic mass is 16.6. The van der Waals surface area contributed by atoms with Gasteiger partial charge in [-0.3, -0.25) is 9.59 Å². The highest BCUT2D eigenvalue weighted by Crippen LogP contribution is 1.94. The first-order valence-corrected chi connectivity index (χ1v) is 17.1. The third kappa shape index (κ3) is 49.9. The van der Waals surface area contributed by atoms with Gasteiger partial charge >= 0.3 is 23.9 Å². The maximum atomic E-state index is 11.0. The number of carbonyl (C=O) groups is 6. The van der Waals surface area contributed by atoms with Gasteiger partial charge in [-0.05, 0) is 34.6 Å². The van der Waals surface area contributed by atoms with Crippen molar-refractivity contribution in [3.63, 3.8) is 0 Å². The van der Waals surface area contributed by atoms with Crippen LogP contribution in [0.25, 0.3) is 0 Å². The van der Waals surface area contributed by atoms with Crippen LogP contribution >= 0.6 is 0 Å². The maximum absolute atomic E-state index is 11.0. The quantitative estimate of drug-likeness (QED) is 0.0351. The van der Waals surface area contributed by atoms with Gasteiger partial charge in [-0.15, -0.1) is 0 Å². The lowest BCUT2D eigenvalue weighted by molar-refractivity contribution is -0.141. The molecule has 318 valence electrons. The highest BCUT2D eigenvalue weighted by molar-refractivity contribution is 5.98. The summed E-state index contributed by atoms with van der Waals surface area (Å²) in [6.07, 6.45) is -0.119. The summed E-state index contributed by atoms with van der Waals surface area (Å²) in [7, 11) is 4.77. The lowest BCUT2D eigenvalue weighted by atomic mass is 10.2. The van der Waals surface area contributed by atoms with Gasteiger partial charge in [0.05, 0.1) is 72.5 Å². The molecule has 0 rings (SSSR count). The molecule has 0 aliphatic rings. The van der Waals surface area contributed by atoms with Crippen molar-refractivity contribution in [3.8, 4) is 0 Å². The third-order valence-electron chi connectivity index (χ3n) is 5.24. The molecule has 0 heterocycles. The molecule has 0 N–H and O–H groups in total. The minimum absolute atomic E-state index is 0.0685. The molecule has 0 radical (unpaired) electrons. The van der Waals surface area contributed by atoms with Crippen LogP contribution in [0.2, 0.25) is 0 Å². The molecule has 0 saturated carbocycles. The molecular weight excluding hydrogens is 728 g/mol. The number of esters is 4. The van der Waals surface area contributed by atoms with Crippen molar-refractivity contribution < 1.29 is 80.9 Å². The Morgan fingerprint density at radius 2 is 0.600 bits per heavy atom. The number of hydrogen-bond acceptors (Lipinski definition) is 17. The van der Waals surface area contributed by atoms with E-state index in [-0.39, 0.29) is 68.9 Å². The topological polar surface area (TPSA) is 204 Å². The summed E-state index contributed by atoms with van der Waals surface area (Å²) >= 11 is 0. The van der Waals surface area contributed by atoms with Gasteiger partial charge in [-0.1, -0.05) is 26.3 Å². The Morgan fingerprint density at radius 3 is 0.873 bits per heavy atom. The minimum Gasteiger partial charge on any atom is -0.460 e. The third-order valence-corrected chi connectivity index (χ3v) is 5.24. The summed E-state index contributed by atoms with van der Waals surface area (Å²) in [6, 6.07) is 0. The van der Waals surface area contributed by atoms with E-state index in [1.54, 1.807) is 49.0 Å². The van der Waals surface area contributed by atoms with Crippen molar-refractivity contribution in [2.75, 3.05) is 120 Å². The Kier molecular flexibility index (Phi) is 44.7. The molecule has 0 fully saturated rings. The molecule has 0 aromatic rings. The van der Waals surface area contributed by atoms with Gasteiger partial charge in [-0.2, -0.15) is 0 Å². The van der Waals surface area contributed by atoms with E-state index in [2.05, 4.69) is 35.8 Å². The van der Waals surface area contributed by atoms with Crippen molar-refractivity contribution in [2.45, 2.75) is 41.0 Å². The summed E-state index contributed by atoms with van der Waals surface area (Å²) in [5.74, 6) is -2.09. The summed E-state index contributed by atoms with van der Waals surface area (Å²) in [5, 5.41) is 0. The highest BCUT2D eigenvalue weighted by Gasteiger charge is 2.07. The van der Waals surface area contributed by atoms with Gasteiger partial charge < -0.3 is 52.1 Å². The molecule has 0 unspecified atom stereocenters. The summed E-state index contributed by atoms with van der Waals surface area (Å²) in [5.41, 5.74) is 1.52. The SMILES string of the molecule is C=C(C)C(=O)OCCOC.C=C(C)C(=O)OCCOCC(=O)CC(C)=O.C=C(C)C(=O)OCCOCCOC.C=C(C)C(=O)OCCOCCOCCOC. The standard InChI is InChI=1S/C11H16O5.C11H20O5.C9H16O4.C7H12O3/c1-8(2)11(14)16-5-4-15-7-10(13)6-9(3)12;1-10(2)11(12)16-9-8-15-7-6-14-5-4-13-3;1-8(2)9(10)13-7-6-12-5-4-11-3;1-6(2)7(8)10-5-4-9-3/h1,4-7H2,2-3H3;1,4-9H2,2-3H3;1,4-7H2,2-3H3;1,4-5H2,2-3H3. The van der Waals surface area contributed by atoms with E-state index in [9.17, 15) is 28.8 Å². The molecule has 0 bridgehead atoms. The predicted octanol–water partition coefficient (Wildman–Crippen LogP) is 2.98. The molecule has 0 amide bonds. The van der Waals surface area contributed by atoms with Gasteiger partial charge in [0.15, 0.2) is 5.78 Å². The number of Topliss-reactive ketones (excluding diaryl/α,β-unsaturated/α-hetero) is 2. The number of carbonyl (C=O) groups excluding carboxylic acids is 6. The van der Waals surface area contributed by atoms with E-state index in [1.165, 1.54) is 6.92 Å². The number of hydrogen-bond donors (Lipinski definition) is 0. The maximum Gasteiger partial charge on any atom is 0.333 e. The second-order valence-electron chi connectivity index (χ2n) is 11.0. The second-order valence-corrected chi connectivity index (χ2v) is 11.0. The van der Waals surface area contributed by atoms with E-state index < -0.39 is 5.97 Å². The van der Waals surface area contributed by atoms with Crippen LogP contribution in [0.3, 0.4) is 0 Å². The van der Waals surface area contributed by atoms with E-state index in [1.807, 2.05) is 0 Å². The molecule has 17 heteroatoms. The fourth-order valence-electron chi connectivity index (χ4n) is 2.51.